The molecule has 0 aliphatic carbocycles. The Morgan fingerprint density at radius 3 is 1.23 bits per heavy atom. The summed E-state index contributed by atoms with van der Waals surface area (Å²) in [7, 11) is 0. The first-order valence-corrected chi connectivity index (χ1v) is 2.73. The molecule has 7 nitrogen and oxygen atoms in total. The molecule has 2 unspecified atom stereocenters. The Morgan fingerprint density at radius 2 is 1.23 bits per heavy atom. The first kappa shape index (κ1) is 29.2. The van der Waals surface area contributed by atoms with E-state index < -0.39 is 11.4 Å². The van der Waals surface area contributed by atoms with Crippen LogP contribution in [0.3, 0.4) is 0 Å². The summed E-state index contributed by atoms with van der Waals surface area (Å²) in [5.74, 6) is 0. The normalized spacial score (nSPS) is 17.1. The van der Waals surface area contributed by atoms with Gasteiger partial charge in [0.2, 0.25) is 0 Å². The van der Waals surface area contributed by atoms with E-state index >= 15 is 0 Å². The molecule has 2 atom stereocenters. The van der Waals surface area contributed by atoms with Gasteiger partial charge in [0.05, 0.1) is 0 Å². The minimum atomic E-state index is -1.39. The first-order valence-electron chi connectivity index (χ1n) is 2.73. The Balaban J connectivity index is -0.0000000533. The molecule has 0 fully saturated rings. The van der Waals surface area contributed by atoms with Crippen molar-refractivity contribution >= 4 is 0 Å². The van der Waals surface area contributed by atoms with Gasteiger partial charge < -0.3 is 38.8 Å². The van der Waals surface area contributed by atoms with Gasteiger partial charge in [-0.2, -0.15) is 0 Å². The molecule has 0 spiro atoms. The molecule has 0 heterocycles. The molecule has 0 aromatic rings. The Hall–Kier alpha value is 0.317. The van der Waals surface area contributed by atoms with Crippen LogP contribution in [0.5, 0.6) is 0 Å². The molecule has 13 heavy (non-hydrogen) atoms. The second kappa shape index (κ2) is 8.90. The fourth-order valence-corrected chi connectivity index (χ4v) is 0.725. The quantitative estimate of drug-likeness (QED) is 0.215. The molecule has 8 heteroatoms. The van der Waals surface area contributed by atoms with Crippen LogP contribution >= 0.6 is 0 Å². The predicted molar refractivity (Wildman–Crippen MR) is 44.8 cm³/mol. The third kappa shape index (κ3) is 32.9. The third-order valence-corrected chi connectivity index (χ3v) is 0.716. The second-order valence-corrected chi connectivity index (χ2v) is 2.89. The van der Waals surface area contributed by atoms with Crippen molar-refractivity contribution in [2.75, 3.05) is 0 Å². The zero-order chi connectivity index (χ0) is 7.71. The molecule has 0 saturated carbocycles. The fraction of sp³-hybridized carbons (Fsp3) is 1.00. The van der Waals surface area contributed by atoms with E-state index in [2.05, 4.69) is 0 Å². The van der Waals surface area contributed by atoms with E-state index in [4.69, 9.17) is 21.7 Å². The smallest absolute Gasteiger partial charge is 0.870 e. The van der Waals surface area contributed by atoms with Crippen molar-refractivity contribution in [1.29, 1.82) is 0 Å². The topological polar surface area (TPSA) is 189 Å². The second-order valence-electron chi connectivity index (χ2n) is 2.89. The summed E-state index contributed by atoms with van der Waals surface area (Å²) in [6, 6.07) is 0. The van der Waals surface area contributed by atoms with Gasteiger partial charge in [0.1, 0.15) is 11.4 Å². The van der Waals surface area contributed by atoms with Crippen molar-refractivity contribution in [3.05, 3.63) is 0 Å². The van der Waals surface area contributed by atoms with Crippen molar-refractivity contribution in [3.63, 3.8) is 0 Å². The van der Waals surface area contributed by atoms with Crippen LogP contribution in [0.4, 0.5) is 0 Å². The Bertz CT molecular complexity index is 88.9. The number of hydrogen-bond acceptors (Lipinski definition) is 6. The van der Waals surface area contributed by atoms with Crippen LogP contribution in [0.2, 0.25) is 0 Å². The third-order valence-electron chi connectivity index (χ3n) is 0.716. The van der Waals surface area contributed by atoms with Gasteiger partial charge in [-0.1, -0.05) is 0 Å². The average Bonchev–Trinajstić information content (AvgIpc) is 1.14. The molecule has 0 amide bonds. The first-order chi connectivity index (χ1) is 3.71. The number of aliphatic hydroxyl groups is 2. The Labute approximate surface area is 89.9 Å². The van der Waals surface area contributed by atoms with Gasteiger partial charge in [-0.05, 0) is 13.8 Å². The molecular weight excluding hydrogens is 173 g/mol. The summed E-state index contributed by atoms with van der Waals surface area (Å²) < 4.78 is 0. The van der Waals surface area contributed by atoms with Crippen LogP contribution in [0.15, 0.2) is 0 Å². The zero-order valence-corrected chi connectivity index (χ0v) is 8.41. The summed E-state index contributed by atoms with van der Waals surface area (Å²) in [6.45, 7) is 2.77. The van der Waals surface area contributed by atoms with Crippen molar-refractivity contribution in [2.24, 2.45) is 11.5 Å². The minimum Gasteiger partial charge on any atom is -0.870 e. The summed E-state index contributed by atoms with van der Waals surface area (Å²) in [5.41, 5.74) is 7.49. The molecule has 0 aromatic heterocycles. The summed E-state index contributed by atoms with van der Waals surface area (Å²) >= 11 is 0. The summed E-state index contributed by atoms with van der Waals surface area (Å²) in [4.78, 5) is 0. The van der Waals surface area contributed by atoms with Crippen molar-refractivity contribution in [2.45, 2.75) is 31.7 Å². The van der Waals surface area contributed by atoms with Crippen LogP contribution in [0.25, 0.3) is 0 Å². The predicted octanol–water partition coefficient (Wildman–Crippen LogP) is -5.12. The van der Waals surface area contributed by atoms with Gasteiger partial charge in [-0.25, -0.2) is 0 Å². The van der Waals surface area contributed by atoms with E-state index in [1.54, 1.807) is 0 Å². The van der Waals surface area contributed by atoms with Gasteiger partial charge in [-0.3, -0.25) is 0 Å². The van der Waals surface area contributed by atoms with Crippen molar-refractivity contribution < 1.29 is 40.0 Å². The minimum absolute atomic E-state index is 0. The fourth-order valence-electron chi connectivity index (χ4n) is 0.725. The molecule has 0 rings (SSSR count). The van der Waals surface area contributed by atoms with Crippen LogP contribution in [-0.4, -0.2) is 32.6 Å². The van der Waals surface area contributed by atoms with E-state index in [0.717, 1.165) is 0 Å². The van der Waals surface area contributed by atoms with Gasteiger partial charge in [0.25, 0.3) is 0 Å². The molecule has 0 aliphatic heterocycles. The Kier molecular flexibility index (Phi) is 20.0. The summed E-state index contributed by atoms with van der Waals surface area (Å²) in [6.07, 6.45) is -0.0417. The van der Waals surface area contributed by atoms with E-state index in [0.29, 0.717) is 0 Å². The van der Waals surface area contributed by atoms with E-state index in [1.807, 2.05) is 0 Å². The molecule has 0 aromatic carbocycles. The van der Waals surface area contributed by atoms with Crippen molar-refractivity contribution in [1.82, 2.24) is 6.15 Å². The molecular formula is C5H20LiN3O4. The standard InChI is InChI=1S/C5H14N2O2.Li.H3N.2H2O/c1-4(6,8)3-5(2,7)9;;;;/h8-9H,3,6-7H2,1-2H3;;1H3;2*1H2/q;+1;;;/p-1. The molecule has 0 radical (unpaired) electrons. The van der Waals surface area contributed by atoms with Crippen LogP contribution in [-0.2, 0) is 0 Å². The van der Waals surface area contributed by atoms with Crippen LogP contribution in [0, 0.1) is 0 Å². The monoisotopic (exact) mass is 193 g/mol. The maximum Gasteiger partial charge on any atom is 1.00 e. The molecule has 80 valence electrons. The molecule has 0 saturated heterocycles. The zero-order valence-electron chi connectivity index (χ0n) is 8.41. The van der Waals surface area contributed by atoms with Gasteiger partial charge >= 0.3 is 18.9 Å². The van der Waals surface area contributed by atoms with Gasteiger partial charge in [0.15, 0.2) is 0 Å². The summed E-state index contributed by atoms with van der Waals surface area (Å²) in [5, 5.41) is 17.8. The van der Waals surface area contributed by atoms with Gasteiger partial charge in [-0.15, -0.1) is 0 Å². The van der Waals surface area contributed by atoms with Crippen molar-refractivity contribution in [3.8, 4) is 0 Å². The van der Waals surface area contributed by atoms with E-state index in [9.17, 15) is 0 Å². The van der Waals surface area contributed by atoms with E-state index in [-0.39, 0.29) is 42.4 Å². The van der Waals surface area contributed by atoms with Gasteiger partial charge in [0, 0.05) is 6.42 Å². The molecule has 0 aliphatic rings. The van der Waals surface area contributed by atoms with Crippen LogP contribution in [0.1, 0.15) is 20.3 Å². The van der Waals surface area contributed by atoms with E-state index in [1.165, 1.54) is 13.8 Å². The Morgan fingerprint density at radius 1 is 1.08 bits per heavy atom. The molecule has 0 bridgehead atoms. The maximum absolute atomic E-state index is 8.89. The molecule has 12 N–H and O–H groups in total. The largest absolute Gasteiger partial charge is 1.00 e. The SMILES string of the molecule is CC(N)(O)CC(C)(N)O.N.O.[Li+].[OH-]. The average molecular weight is 193 g/mol. The number of hydrogen-bond donors (Lipinski definition) is 5. The number of nitrogens with two attached hydrogens (primary N) is 2. The van der Waals surface area contributed by atoms with Crippen LogP contribution < -0.4 is 36.5 Å². The maximum atomic E-state index is 8.89. The number of rotatable bonds is 2.